The molecule has 0 atom stereocenters. The summed E-state index contributed by atoms with van der Waals surface area (Å²) in [5, 5.41) is 3.41. The quantitative estimate of drug-likeness (QED) is 0.580. The van der Waals surface area contributed by atoms with Gasteiger partial charge in [0.25, 0.3) is 0 Å². The van der Waals surface area contributed by atoms with Crippen LogP contribution in [0.2, 0.25) is 0 Å². The van der Waals surface area contributed by atoms with E-state index in [4.69, 9.17) is 14.2 Å². The maximum atomic E-state index is 5.42. The van der Waals surface area contributed by atoms with Crippen molar-refractivity contribution in [3.63, 3.8) is 0 Å². The van der Waals surface area contributed by atoms with Gasteiger partial charge in [-0.05, 0) is 33.7 Å². The van der Waals surface area contributed by atoms with Crippen LogP contribution in [0.5, 0.6) is 0 Å². The molecule has 0 unspecified atom stereocenters. The highest BCUT2D eigenvalue weighted by Crippen LogP contribution is 1.97. The van der Waals surface area contributed by atoms with Gasteiger partial charge in [0, 0.05) is 19.3 Å². The van der Waals surface area contributed by atoms with Crippen molar-refractivity contribution in [2.24, 2.45) is 0 Å². The van der Waals surface area contributed by atoms with Crippen LogP contribution in [0, 0.1) is 0 Å². The molecule has 4 nitrogen and oxygen atoms in total. The third-order valence-corrected chi connectivity index (χ3v) is 1.92. The summed E-state index contributed by atoms with van der Waals surface area (Å²) in [5.41, 5.74) is 0.198. The van der Waals surface area contributed by atoms with Gasteiger partial charge in [-0.1, -0.05) is 0 Å². The molecule has 98 valence electrons. The number of ether oxygens (including phenoxy) is 3. The van der Waals surface area contributed by atoms with Crippen LogP contribution in [0.25, 0.3) is 0 Å². The minimum absolute atomic E-state index is 0.198. The summed E-state index contributed by atoms with van der Waals surface area (Å²) in [4.78, 5) is 0. The van der Waals surface area contributed by atoms with Crippen molar-refractivity contribution < 1.29 is 14.2 Å². The van der Waals surface area contributed by atoms with Gasteiger partial charge in [0.05, 0.1) is 26.4 Å². The molecular formula is C12H27NO3. The van der Waals surface area contributed by atoms with Gasteiger partial charge in [-0.15, -0.1) is 0 Å². The maximum Gasteiger partial charge on any atom is 0.0701 e. The predicted molar refractivity (Wildman–Crippen MR) is 65.9 cm³/mol. The van der Waals surface area contributed by atoms with Gasteiger partial charge in [0.1, 0.15) is 0 Å². The zero-order valence-corrected chi connectivity index (χ0v) is 11.2. The second-order valence-electron chi connectivity index (χ2n) is 4.75. The summed E-state index contributed by atoms with van der Waals surface area (Å²) in [6.07, 6.45) is 1.04. The van der Waals surface area contributed by atoms with Gasteiger partial charge in [-0.2, -0.15) is 0 Å². The highest BCUT2D eigenvalue weighted by molar-refractivity contribution is 4.69. The molecule has 0 saturated carbocycles. The normalized spacial score (nSPS) is 12.0. The number of hydrogen-bond acceptors (Lipinski definition) is 4. The van der Waals surface area contributed by atoms with E-state index >= 15 is 0 Å². The fourth-order valence-electron chi connectivity index (χ4n) is 1.10. The van der Waals surface area contributed by atoms with E-state index in [1.54, 1.807) is 7.11 Å². The number of methoxy groups -OCH3 is 1. The lowest BCUT2D eigenvalue weighted by molar-refractivity contribution is 0.0242. The van der Waals surface area contributed by atoms with Crippen molar-refractivity contribution in [1.82, 2.24) is 5.32 Å². The summed E-state index contributed by atoms with van der Waals surface area (Å²) in [5.74, 6) is 0. The van der Waals surface area contributed by atoms with Gasteiger partial charge in [-0.3, -0.25) is 0 Å². The van der Waals surface area contributed by atoms with E-state index in [1.807, 2.05) is 0 Å². The lowest BCUT2D eigenvalue weighted by Gasteiger charge is -2.20. The van der Waals surface area contributed by atoms with Gasteiger partial charge in [0.2, 0.25) is 0 Å². The Kier molecular flexibility index (Phi) is 9.92. The molecule has 0 aliphatic carbocycles. The van der Waals surface area contributed by atoms with E-state index in [0.29, 0.717) is 26.4 Å². The van der Waals surface area contributed by atoms with Gasteiger partial charge in [-0.25, -0.2) is 0 Å². The fraction of sp³-hybridized carbons (Fsp3) is 1.00. The zero-order valence-electron chi connectivity index (χ0n) is 11.2. The first-order valence-electron chi connectivity index (χ1n) is 5.96. The van der Waals surface area contributed by atoms with Crippen molar-refractivity contribution >= 4 is 0 Å². The first-order chi connectivity index (χ1) is 7.56. The first kappa shape index (κ1) is 15.8. The third-order valence-electron chi connectivity index (χ3n) is 1.92. The van der Waals surface area contributed by atoms with E-state index in [-0.39, 0.29) is 5.54 Å². The first-order valence-corrected chi connectivity index (χ1v) is 5.96. The molecule has 0 aromatic carbocycles. The molecule has 0 aromatic heterocycles. The average Bonchev–Trinajstić information content (AvgIpc) is 2.19. The Labute approximate surface area is 99.6 Å². The topological polar surface area (TPSA) is 39.7 Å². The van der Waals surface area contributed by atoms with E-state index in [1.165, 1.54) is 0 Å². The molecule has 0 rings (SSSR count). The Hall–Kier alpha value is -0.160. The molecule has 0 fully saturated rings. The average molecular weight is 233 g/mol. The molecule has 0 spiro atoms. The van der Waals surface area contributed by atoms with Crippen LogP contribution < -0.4 is 5.32 Å². The van der Waals surface area contributed by atoms with Crippen LogP contribution in [0.15, 0.2) is 0 Å². The standard InChI is InChI=1S/C12H27NO3/c1-12(2,3)13-6-5-7-15-10-11-16-9-8-14-4/h13H,5-11H2,1-4H3. The summed E-state index contributed by atoms with van der Waals surface area (Å²) >= 11 is 0. The van der Waals surface area contributed by atoms with E-state index in [0.717, 1.165) is 19.6 Å². The largest absolute Gasteiger partial charge is 0.382 e. The third kappa shape index (κ3) is 13.8. The minimum atomic E-state index is 0.198. The Morgan fingerprint density at radius 2 is 1.44 bits per heavy atom. The molecule has 0 aliphatic rings. The molecule has 1 N–H and O–H groups in total. The molecular weight excluding hydrogens is 206 g/mol. The summed E-state index contributed by atoms with van der Waals surface area (Å²) in [6, 6.07) is 0. The second kappa shape index (κ2) is 10.0. The maximum absolute atomic E-state index is 5.42. The lowest BCUT2D eigenvalue weighted by atomic mass is 10.1. The van der Waals surface area contributed by atoms with Crippen molar-refractivity contribution in [2.45, 2.75) is 32.7 Å². The van der Waals surface area contributed by atoms with Crippen LogP contribution in [-0.2, 0) is 14.2 Å². The lowest BCUT2D eigenvalue weighted by Crippen LogP contribution is -2.36. The molecule has 16 heavy (non-hydrogen) atoms. The highest BCUT2D eigenvalue weighted by Gasteiger charge is 2.06. The second-order valence-corrected chi connectivity index (χ2v) is 4.75. The van der Waals surface area contributed by atoms with Crippen LogP contribution in [0.3, 0.4) is 0 Å². The van der Waals surface area contributed by atoms with Crippen molar-refractivity contribution in [3.05, 3.63) is 0 Å². The monoisotopic (exact) mass is 233 g/mol. The Morgan fingerprint density at radius 1 is 0.875 bits per heavy atom. The molecule has 0 aromatic rings. The van der Waals surface area contributed by atoms with Gasteiger partial charge in [0.15, 0.2) is 0 Å². The molecule has 0 bridgehead atoms. The van der Waals surface area contributed by atoms with Gasteiger partial charge < -0.3 is 19.5 Å². The molecule has 0 heterocycles. The molecule has 4 heteroatoms. The van der Waals surface area contributed by atoms with Crippen molar-refractivity contribution in [3.8, 4) is 0 Å². The molecule has 0 aliphatic heterocycles. The van der Waals surface area contributed by atoms with E-state index < -0.39 is 0 Å². The fourth-order valence-corrected chi connectivity index (χ4v) is 1.10. The predicted octanol–water partition coefficient (Wildman–Crippen LogP) is 1.44. The highest BCUT2D eigenvalue weighted by atomic mass is 16.5. The summed E-state index contributed by atoms with van der Waals surface area (Å²) in [7, 11) is 1.67. The Balaban J connectivity index is 2.99. The van der Waals surface area contributed by atoms with Gasteiger partial charge >= 0.3 is 0 Å². The Morgan fingerprint density at radius 3 is 2.00 bits per heavy atom. The van der Waals surface area contributed by atoms with Crippen molar-refractivity contribution in [1.29, 1.82) is 0 Å². The molecule has 0 radical (unpaired) electrons. The number of hydrogen-bond donors (Lipinski definition) is 1. The van der Waals surface area contributed by atoms with Crippen LogP contribution in [0.4, 0.5) is 0 Å². The summed E-state index contributed by atoms with van der Waals surface area (Å²) in [6.45, 7) is 10.9. The van der Waals surface area contributed by atoms with Crippen molar-refractivity contribution in [2.75, 3.05) is 46.7 Å². The van der Waals surface area contributed by atoms with E-state index in [9.17, 15) is 0 Å². The van der Waals surface area contributed by atoms with E-state index in [2.05, 4.69) is 26.1 Å². The number of nitrogens with one attached hydrogen (secondary N) is 1. The summed E-state index contributed by atoms with van der Waals surface area (Å²) < 4.78 is 15.6. The van der Waals surface area contributed by atoms with Crippen LogP contribution >= 0.6 is 0 Å². The Bertz CT molecular complexity index is 146. The van der Waals surface area contributed by atoms with Crippen LogP contribution in [0.1, 0.15) is 27.2 Å². The zero-order chi connectivity index (χ0) is 12.3. The van der Waals surface area contributed by atoms with Crippen LogP contribution in [-0.4, -0.2) is 52.2 Å². The molecule has 0 amide bonds. The molecule has 0 saturated heterocycles. The smallest absolute Gasteiger partial charge is 0.0701 e. The number of rotatable bonds is 10. The SMILES string of the molecule is COCCOCCOCCCNC(C)(C)C. The minimum Gasteiger partial charge on any atom is -0.382 e.